The van der Waals surface area contributed by atoms with Gasteiger partial charge in [-0.15, -0.1) is 0 Å². The van der Waals surface area contributed by atoms with Gasteiger partial charge in [0, 0.05) is 35.9 Å². The van der Waals surface area contributed by atoms with Gasteiger partial charge in [0.05, 0.1) is 12.5 Å². The number of nitrogens with zero attached hydrogens (tertiary/aromatic N) is 1. The van der Waals surface area contributed by atoms with Crippen LogP contribution < -0.4 is 10.6 Å². The van der Waals surface area contributed by atoms with E-state index in [1.54, 1.807) is 12.5 Å². The molecule has 0 aliphatic heterocycles. The van der Waals surface area contributed by atoms with Crippen LogP contribution >= 0.6 is 11.6 Å². The number of benzene rings is 1. The molecule has 102 valence electrons. The molecule has 1 heterocycles. The zero-order chi connectivity index (χ0) is 13.8. The number of halogens is 1. The van der Waals surface area contributed by atoms with Crippen molar-refractivity contribution in [3.05, 3.63) is 52.9 Å². The van der Waals surface area contributed by atoms with Gasteiger partial charge in [0.15, 0.2) is 0 Å². The van der Waals surface area contributed by atoms with Crippen molar-refractivity contribution in [2.45, 2.75) is 25.9 Å². The Balaban J connectivity index is 2.22. The van der Waals surface area contributed by atoms with Crippen molar-refractivity contribution in [1.29, 1.82) is 0 Å². The van der Waals surface area contributed by atoms with Gasteiger partial charge in [-0.2, -0.15) is 0 Å². The molecular weight excluding hydrogens is 260 g/mol. The summed E-state index contributed by atoms with van der Waals surface area (Å²) in [6.45, 7) is 2.80. The van der Waals surface area contributed by atoms with Crippen LogP contribution in [0.25, 0.3) is 0 Å². The van der Waals surface area contributed by atoms with Crippen LogP contribution in [0.5, 0.6) is 0 Å². The number of rotatable bonds is 5. The molecule has 1 aromatic carbocycles. The summed E-state index contributed by atoms with van der Waals surface area (Å²) in [6.07, 6.45) is 4.26. The van der Waals surface area contributed by atoms with Crippen molar-refractivity contribution in [2.24, 2.45) is 5.73 Å². The Morgan fingerprint density at radius 2 is 2.16 bits per heavy atom. The van der Waals surface area contributed by atoms with E-state index in [4.69, 9.17) is 21.8 Å². The molecule has 4 heteroatoms. The fourth-order valence-corrected chi connectivity index (χ4v) is 2.37. The number of hydrogen-bond donors (Lipinski definition) is 1. The largest absolute Gasteiger partial charge is 0.472 e. The Morgan fingerprint density at radius 3 is 2.79 bits per heavy atom. The zero-order valence-electron chi connectivity index (χ0n) is 11.3. The molecule has 0 amide bonds. The second-order valence-corrected chi connectivity index (χ2v) is 5.38. The smallest absolute Gasteiger partial charge is 0.0952 e. The summed E-state index contributed by atoms with van der Waals surface area (Å²) in [6, 6.07) is 8.02. The van der Waals surface area contributed by atoms with E-state index in [2.05, 4.69) is 11.9 Å². The Bertz CT molecular complexity index is 523. The molecule has 0 spiro atoms. The minimum absolute atomic E-state index is 0.111. The van der Waals surface area contributed by atoms with Crippen LogP contribution in [-0.2, 0) is 13.0 Å². The lowest BCUT2D eigenvalue weighted by Crippen LogP contribution is -2.22. The summed E-state index contributed by atoms with van der Waals surface area (Å²) < 4.78 is 5.10. The molecule has 2 N–H and O–H groups in total. The SMILES string of the molecule is CC(N)Cc1cc(Cl)ccc1N(C)Cc1ccoc1. The van der Waals surface area contributed by atoms with E-state index in [1.807, 2.05) is 31.2 Å². The predicted molar refractivity (Wildman–Crippen MR) is 79.6 cm³/mol. The molecule has 1 unspecified atom stereocenters. The molecular formula is C15H19ClN2O. The Morgan fingerprint density at radius 1 is 1.37 bits per heavy atom. The molecule has 0 radical (unpaired) electrons. The first-order valence-corrected chi connectivity index (χ1v) is 6.70. The van der Waals surface area contributed by atoms with Crippen LogP contribution in [0.4, 0.5) is 5.69 Å². The van der Waals surface area contributed by atoms with E-state index in [9.17, 15) is 0 Å². The fraction of sp³-hybridized carbons (Fsp3) is 0.333. The highest BCUT2D eigenvalue weighted by Gasteiger charge is 2.11. The molecule has 1 atom stereocenters. The number of nitrogens with two attached hydrogens (primary N) is 1. The summed E-state index contributed by atoms with van der Waals surface area (Å²) in [4.78, 5) is 2.18. The van der Waals surface area contributed by atoms with Crippen molar-refractivity contribution in [1.82, 2.24) is 0 Å². The van der Waals surface area contributed by atoms with Gasteiger partial charge in [-0.05, 0) is 43.2 Å². The lowest BCUT2D eigenvalue weighted by molar-refractivity contribution is 0.563. The zero-order valence-corrected chi connectivity index (χ0v) is 12.0. The van der Waals surface area contributed by atoms with E-state index in [0.29, 0.717) is 0 Å². The summed E-state index contributed by atoms with van der Waals surface area (Å²) in [5, 5.41) is 0.746. The third-order valence-corrected chi connectivity index (χ3v) is 3.23. The van der Waals surface area contributed by atoms with E-state index in [1.165, 1.54) is 5.56 Å². The Labute approximate surface area is 119 Å². The van der Waals surface area contributed by atoms with Crippen LogP contribution in [0.1, 0.15) is 18.1 Å². The van der Waals surface area contributed by atoms with Gasteiger partial charge in [0.1, 0.15) is 0 Å². The maximum absolute atomic E-state index is 6.07. The van der Waals surface area contributed by atoms with Gasteiger partial charge >= 0.3 is 0 Å². The lowest BCUT2D eigenvalue weighted by Gasteiger charge is -2.23. The number of anilines is 1. The van der Waals surface area contributed by atoms with Crippen LogP contribution in [-0.4, -0.2) is 13.1 Å². The first kappa shape index (κ1) is 14.0. The molecule has 3 nitrogen and oxygen atoms in total. The topological polar surface area (TPSA) is 42.4 Å². The monoisotopic (exact) mass is 278 g/mol. The van der Waals surface area contributed by atoms with Crippen LogP contribution in [0.15, 0.2) is 41.2 Å². The van der Waals surface area contributed by atoms with E-state index < -0.39 is 0 Å². The summed E-state index contributed by atoms with van der Waals surface area (Å²) in [5.74, 6) is 0. The normalized spacial score (nSPS) is 12.4. The van der Waals surface area contributed by atoms with E-state index in [0.717, 1.165) is 29.2 Å². The minimum Gasteiger partial charge on any atom is -0.472 e. The van der Waals surface area contributed by atoms with E-state index >= 15 is 0 Å². The van der Waals surface area contributed by atoms with Gasteiger partial charge < -0.3 is 15.1 Å². The van der Waals surface area contributed by atoms with Crippen LogP contribution in [0, 0.1) is 0 Å². The van der Waals surface area contributed by atoms with Crippen molar-refractivity contribution >= 4 is 17.3 Å². The molecule has 0 aliphatic carbocycles. The number of furan rings is 1. The summed E-state index contributed by atoms with van der Waals surface area (Å²) >= 11 is 6.07. The first-order valence-electron chi connectivity index (χ1n) is 6.32. The average Bonchev–Trinajstić information content (AvgIpc) is 2.80. The predicted octanol–water partition coefficient (Wildman–Crippen LogP) is 3.46. The second-order valence-electron chi connectivity index (χ2n) is 4.94. The van der Waals surface area contributed by atoms with Crippen LogP contribution in [0.2, 0.25) is 5.02 Å². The van der Waals surface area contributed by atoms with Crippen LogP contribution in [0.3, 0.4) is 0 Å². The molecule has 1 aromatic heterocycles. The molecule has 0 saturated carbocycles. The van der Waals surface area contributed by atoms with Gasteiger partial charge in [-0.25, -0.2) is 0 Å². The maximum Gasteiger partial charge on any atom is 0.0952 e. The third kappa shape index (κ3) is 3.75. The van der Waals surface area contributed by atoms with Gasteiger partial charge in [-0.3, -0.25) is 0 Å². The molecule has 2 aromatic rings. The quantitative estimate of drug-likeness (QED) is 0.911. The molecule has 0 aliphatic rings. The highest BCUT2D eigenvalue weighted by atomic mass is 35.5. The Hall–Kier alpha value is -1.45. The lowest BCUT2D eigenvalue weighted by atomic mass is 10.0. The molecule has 0 bridgehead atoms. The maximum atomic E-state index is 6.07. The summed E-state index contributed by atoms with van der Waals surface area (Å²) in [7, 11) is 2.06. The third-order valence-electron chi connectivity index (χ3n) is 2.99. The average molecular weight is 279 g/mol. The second kappa shape index (κ2) is 6.13. The highest BCUT2D eigenvalue weighted by molar-refractivity contribution is 6.30. The van der Waals surface area contributed by atoms with Crippen molar-refractivity contribution in [2.75, 3.05) is 11.9 Å². The van der Waals surface area contributed by atoms with Gasteiger partial charge in [0.2, 0.25) is 0 Å². The Kier molecular flexibility index (Phi) is 4.51. The number of hydrogen-bond acceptors (Lipinski definition) is 3. The minimum atomic E-state index is 0.111. The summed E-state index contributed by atoms with van der Waals surface area (Å²) in [5.41, 5.74) is 9.38. The van der Waals surface area contributed by atoms with Crippen molar-refractivity contribution in [3.63, 3.8) is 0 Å². The first-order chi connectivity index (χ1) is 9.06. The standard InChI is InChI=1S/C15H19ClN2O/c1-11(17)7-13-8-14(16)3-4-15(13)18(2)9-12-5-6-19-10-12/h3-6,8,10-11H,7,9,17H2,1-2H3. The fourth-order valence-electron chi connectivity index (χ4n) is 2.18. The van der Waals surface area contributed by atoms with Crippen molar-refractivity contribution < 1.29 is 4.42 Å². The van der Waals surface area contributed by atoms with Gasteiger partial charge in [-0.1, -0.05) is 11.6 Å². The molecule has 0 saturated heterocycles. The molecule has 2 rings (SSSR count). The van der Waals surface area contributed by atoms with E-state index in [-0.39, 0.29) is 6.04 Å². The molecule has 19 heavy (non-hydrogen) atoms. The highest BCUT2D eigenvalue weighted by Crippen LogP contribution is 2.26. The van der Waals surface area contributed by atoms with Gasteiger partial charge in [0.25, 0.3) is 0 Å². The van der Waals surface area contributed by atoms with Crippen molar-refractivity contribution in [3.8, 4) is 0 Å². The molecule has 0 fully saturated rings.